The maximum Gasteiger partial charge on any atom is 0.339 e. The molecule has 0 amide bonds. The van der Waals surface area contributed by atoms with Gasteiger partial charge in [-0.15, -0.1) is 0 Å². The van der Waals surface area contributed by atoms with Crippen molar-refractivity contribution in [2.24, 2.45) is 0 Å². The number of carboxylic acids is 1. The van der Waals surface area contributed by atoms with Gasteiger partial charge in [-0.3, -0.25) is 0 Å². The first-order valence-electron chi connectivity index (χ1n) is 5.39. The predicted molar refractivity (Wildman–Crippen MR) is 61.8 cm³/mol. The lowest BCUT2D eigenvalue weighted by Crippen LogP contribution is -2.28. The number of hydrogen-bond donors (Lipinski definition) is 2. The van der Waals surface area contributed by atoms with Crippen LogP contribution >= 0.6 is 0 Å². The van der Waals surface area contributed by atoms with Gasteiger partial charge in [-0.1, -0.05) is 0 Å². The van der Waals surface area contributed by atoms with Crippen LogP contribution in [0, 0.1) is 0 Å². The summed E-state index contributed by atoms with van der Waals surface area (Å²) in [5, 5.41) is 12.1. The van der Waals surface area contributed by atoms with Gasteiger partial charge in [-0.05, 0) is 13.3 Å². The first-order chi connectivity index (χ1) is 8.15. The number of hydrogen-bond acceptors (Lipinski definition) is 5. The molecule has 2 N–H and O–H groups in total. The van der Waals surface area contributed by atoms with E-state index in [0.29, 0.717) is 18.8 Å². The highest BCUT2D eigenvalue weighted by atomic mass is 16.5. The van der Waals surface area contributed by atoms with E-state index in [0.717, 1.165) is 6.42 Å². The van der Waals surface area contributed by atoms with E-state index in [-0.39, 0.29) is 11.6 Å². The summed E-state index contributed by atoms with van der Waals surface area (Å²) in [6, 6.07) is 0.242. The van der Waals surface area contributed by atoms with Crippen LogP contribution in [0.3, 0.4) is 0 Å². The standard InChI is InChI=1S/C11H17N3O3/c1-8(3-4-17-2)13-6-10-9(11(15)16)5-12-7-14-10/h5,7-8,13H,3-4,6H2,1-2H3,(H,15,16). The first-order valence-corrected chi connectivity index (χ1v) is 5.39. The SMILES string of the molecule is COCCC(C)NCc1ncncc1C(=O)O. The van der Waals surface area contributed by atoms with Gasteiger partial charge in [-0.2, -0.15) is 0 Å². The zero-order valence-corrected chi connectivity index (χ0v) is 10.0. The van der Waals surface area contributed by atoms with Crippen LogP contribution in [-0.4, -0.2) is 40.8 Å². The van der Waals surface area contributed by atoms with Gasteiger partial charge in [0.15, 0.2) is 0 Å². The third-order valence-electron chi connectivity index (χ3n) is 2.40. The summed E-state index contributed by atoms with van der Waals surface area (Å²) in [4.78, 5) is 18.6. The van der Waals surface area contributed by atoms with Gasteiger partial charge in [0.05, 0.1) is 5.69 Å². The van der Waals surface area contributed by atoms with Crippen LogP contribution < -0.4 is 5.32 Å². The number of rotatable bonds is 7. The molecule has 17 heavy (non-hydrogen) atoms. The van der Waals surface area contributed by atoms with Crippen LogP contribution in [-0.2, 0) is 11.3 Å². The number of nitrogens with zero attached hydrogens (tertiary/aromatic N) is 2. The second kappa shape index (κ2) is 6.93. The summed E-state index contributed by atoms with van der Waals surface area (Å²) in [6.45, 7) is 3.10. The molecule has 94 valence electrons. The first kappa shape index (κ1) is 13.5. The molecule has 0 saturated carbocycles. The van der Waals surface area contributed by atoms with Crippen molar-refractivity contribution in [3.05, 3.63) is 23.8 Å². The average Bonchev–Trinajstić information content (AvgIpc) is 2.34. The van der Waals surface area contributed by atoms with Crippen LogP contribution in [0.4, 0.5) is 0 Å². The summed E-state index contributed by atoms with van der Waals surface area (Å²) < 4.78 is 4.97. The minimum Gasteiger partial charge on any atom is -0.478 e. The number of aromatic nitrogens is 2. The Morgan fingerprint density at radius 1 is 1.65 bits per heavy atom. The summed E-state index contributed by atoms with van der Waals surface area (Å²) in [5.74, 6) is -1.01. The molecule has 1 rings (SSSR count). The Morgan fingerprint density at radius 3 is 3.06 bits per heavy atom. The Bertz CT molecular complexity index is 371. The van der Waals surface area contributed by atoms with Gasteiger partial charge < -0.3 is 15.2 Å². The molecule has 1 aromatic heterocycles. The molecule has 0 aliphatic rings. The minimum absolute atomic E-state index is 0.138. The van der Waals surface area contributed by atoms with E-state index >= 15 is 0 Å². The Hall–Kier alpha value is -1.53. The fourth-order valence-electron chi connectivity index (χ4n) is 1.34. The Balaban J connectivity index is 2.54. The average molecular weight is 239 g/mol. The van der Waals surface area contributed by atoms with Crippen molar-refractivity contribution in [3.63, 3.8) is 0 Å². The van der Waals surface area contributed by atoms with E-state index in [2.05, 4.69) is 15.3 Å². The lowest BCUT2D eigenvalue weighted by molar-refractivity contribution is 0.0694. The molecule has 0 radical (unpaired) electrons. The zero-order valence-electron chi connectivity index (χ0n) is 10.0. The lowest BCUT2D eigenvalue weighted by atomic mass is 10.2. The highest BCUT2D eigenvalue weighted by Crippen LogP contribution is 2.04. The van der Waals surface area contributed by atoms with Gasteiger partial charge in [0.2, 0.25) is 0 Å². The molecule has 0 spiro atoms. The third-order valence-corrected chi connectivity index (χ3v) is 2.40. The molecule has 1 aromatic rings. The number of carbonyl (C=O) groups is 1. The fourth-order valence-corrected chi connectivity index (χ4v) is 1.34. The van der Waals surface area contributed by atoms with Crippen LogP contribution in [0.5, 0.6) is 0 Å². The van der Waals surface area contributed by atoms with Crippen molar-refractivity contribution < 1.29 is 14.6 Å². The van der Waals surface area contributed by atoms with Crippen molar-refractivity contribution in [2.75, 3.05) is 13.7 Å². The number of ether oxygens (including phenoxy) is 1. The smallest absolute Gasteiger partial charge is 0.339 e. The molecule has 0 fully saturated rings. The summed E-state index contributed by atoms with van der Waals surface area (Å²) in [7, 11) is 1.65. The van der Waals surface area contributed by atoms with Crippen LogP contribution in [0.2, 0.25) is 0 Å². The van der Waals surface area contributed by atoms with Gasteiger partial charge in [0.1, 0.15) is 11.9 Å². The molecule has 1 heterocycles. The molecule has 0 aromatic carbocycles. The van der Waals surface area contributed by atoms with Gasteiger partial charge in [-0.25, -0.2) is 14.8 Å². The van der Waals surface area contributed by atoms with Crippen molar-refractivity contribution >= 4 is 5.97 Å². The zero-order chi connectivity index (χ0) is 12.7. The van der Waals surface area contributed by atoms with E-state index in [1.165, 1.54) is 12.5 Å². The van der Waals surface area contributed by atoms with E-state index < -0.39 is 5.97 Å². The molecule has 6 nitrogen and oxygen atoms in total. The van der Waals surface area contributed by atoms with Crippen molar-refractivity contribution in [3.8, 4) is 0 Å². The molecular weight excluding hydrogens is 222 g/mol. The maximum atomic E-state index is 10.9. The van der Waals surface area contributed by atoms with Crippen LogP contribution in [0.15, 0.2) is 12.5 Å². The highest BCUT2D eigenvalue weighted by Gasteiger charge is 2.11. The minimum atomic E-state index is -1.01. The molecule has 1 atom stereocenters. The maximum absolute atomic E-state index is 10.9. The van der Waals surface area contributed by atoms with E-state index in [1.807, 2.05) is 6.92 Å². The van der Waals surface area contributed by atoms with Crippen molar-refractivity contribution in [1.82, 2.24) is 15.3 Å². The molecule has 0 saturated heterocycles. The van der Waals surface area contributed by atoms with Crippen molar-refractivity contribution in [2.45, 2.75) is 25.9 Å². The fraction of sp³-hybridized carbons (Fsp3) is 0.545. The molecule has 0 bridgehead atoms. The van der Waals surface area contributed by atoms with E-state index in [4.69, 9.17) is 9.84 Å². The van der Waals surface area contributed by atoms with Gasteiger partial charge in [0.25, 0.3) is 0 Å². The second-order valence-corrected chi connectivity index (χ2v) is 3.75. The molecule has 0 aliphatic carbocycles. The second-order valence-electron chi connectivity index (χ2n) is 3.75. The molecule has 1 unspecified atom stereocenters. The number of methoxy groups -OCH3 is 1. The van der Waals surface area contributed by atoms with Crippen molar-refractivity contribution in [1.29, 1.82) is 0 Å². The number of aromatic carboxylic acids is 1. The van der Waals surface area contributed by atoms with Crippen LogP contribution in [0.25, 0.3) is 0 Å². The number of nitrogens with one attached hydrogen (secondary N) is 1. The summed E-state index contributed by atoms with van der Waals surface area (Å²) in [6.07, 6.45) is 3.53. The molecular formula is C11H17N3O3. The van der Waals surface area contributed by atoms with Gasteiger partial charge in [0, 0.05) is 32.5 Å². The topological polar surface area (TPSA) is 84.3 Å². The predicted octanol–water partition coefficient (Wildman–Crippen LogP) is 0.689. The lowest BCUT2D eigenvalue weighted by Gasteiger charge is -2.13. The van der Waals surface area contributed by atoms with Gasteiger partial charge >= 0.3 is 5.97 Å². The van der Waals surface area contributed by atoms with Crippen LogP contribution in [0.1, 0.15) is 29.4 Å². The highest BCUT2D eigenvalue weighted by molar-refractivity contribution is 5.88. The Morgan fingerprint density at radius 2 is 2.41 bits per heavy atom. The largest absolute Gasteiger partial charge is 0.478 e. The number of carboxylic acid groups (broad SMARTS) is 1. The normalized spacial score (nSPS) is 12.4. The van der Waals surface area contributed by atoms with E-state index in [1.54, 1.807) is 7.11 Å². The third kappa shape index (κ3) is 4.46. The quantitative estimate of drug-likeness (QED) is 0.728. The Labute approximate surface area is 100 Å². The molecule has 0 aliphatic heterocycles. The molecule has 6 heteroatoms. The monoisotopic (exact) mass is 239 g/mol. The van der Waals surface area contributed by atoms with E-state index in [9.17, 15) is 4.79 Å². The Kier molecular flexibility index (Phi) is 5.51. The summed E-state index contributed by atoms with van der Waals surface area (Å²) >= 11 is 0. The summed E-state index contributed by atoms with van der Waals surface area (Å²) in [5.41, 5.74) is 0.635.